The number of benzene rings is 1. The van der Waals surface area contributed by atoms with Crippen LogP contribution in [-0.2, 0) is 20.1 Å². The molecule has 6 heteroatoms. The zero-order valence-electron chi connectivity index (χ0n) is 12.5. The Bertz CT molecular complexity index is 585. The molecule has 0 bridgehead atoms. The molecule has 2 aliphatic rings. The second-order valence-corrected chi connectivity index (χ2v) is 6.40. The molecule has 1 saturated heterocycles. The Labute approximate surface area is 140 Å². The molecule has 1 aromatic carbocycles. The van der Waals surface area contributed by atoms with Crippen molar-refractivity contribution in [2.24, 2.45) is 0 Å². The van der Waals surface area contributed by atoms with Gasteiger partial charge in [-0.3, -0.25) is 4.79 Å². The van der Waals surface area contributed by atoms with Crippen LogP contribution in [0.3, 0.4) is 0 Å². The molecule has 4 nitrogen and oxygen atoms in total. The van der Waals surface area contributed by atoms with Crippen LogP contribution in [0, 0.1) is 0 Å². The first-order chi connectivity index (χ1) is 10.6. The molecule has 0 aromatic heterocycles. The number of amides is 1. The zero-order valence-corrected chi connectivity index (χ0v) is 14.0. The van der Waals surface area contributed by atoms with Crippen molar-refractivity contribution in [1.82, 2.24) is 0 Å². The molecule has 0 saturated carbocycles. The van der Waals surface area contributed by atoms with Crippen LogP contribution in [-0.4, -0.2) is 25.7 Å². The molecule has 0 aliphatic carbocycles. The van der Waals surface area contributed by atoms with E-state index < -0.39 is 5.79 Å². The number of carbonyl (C=O) groups excluding carboxylic acids is 1. The number of rotatable bonds is 5. The van der Waals surface area contributed by atoms with Gasteiger partial charge in [0.1, 0.15) is 0 Å². The predicted molar refractivity (Wildman–Crippen MR) is 86.5 cm³/mol. The van der Waals surface area contributed by atoms with Crippen molar-refractivity contribution in [3.8, 4) is 0 Å². The maximum absolute atomic E-state index is 12.9. The fourth-order valence-corrected chi connectivity index (χ4v) is 3.63. The molecule has 0 atom stereocenters. The third-order valence-corrected chi connectivity index (χ3v) is 4.75. The number of hydrogen-bond acceptors (Lipinski definition) is 3. The van der Waals surface area contributed by atoms with Crippen molar-refractivity contribution in [2.75, 3.05) is 24.7 Å². The smallest absolute Gasteiger partial charge is 0.292 e. The maximum atomic E-state index is 12.9. The van der Waals surface area contributed by atoms with E-state index in [0.29, 0.717) is 41.1 Å². The zero-order chi connectivity index (χ0) is 15.7. The van der Waals surface area contributed by atoms with E-state index in [2.05, 4.69) is 6.92 Å². The normalized spacial score (nSPS) is 19.2. The number of unbranched alkanes of at least 4 members (excludes halogenated alkanes) is 3. The highest BCUT2D eigenvalue weighted by molar-refractivity contribution is 6.38. The van der Waals surface area contributed by atoms with Crippen LogP contribution in [0.1, 0.15) is 38.2 Å². The highest BCUT2D eigenvalue weighted by atomic mass is 35.5. The van der Waals surface area contributed by atoms with Crippen LogP contribution in [0.5, 0.6) is 0 Å². The van der Waals surface area contributed by atoms with Crippen molar-refractivity contribution >= 4 is 34.8 Å². The van der Waals surface area contributed by atoms with Gasteiger partial charge in [-0.05, 0) is 18.6 Å². The van der Waals surface area contributed by atoms with E-state index in [1.54, 1.807) is 17.0 Å². The van der Waals surface area contributed by atoms with Crippen molar-refractivity contribution < 1.29 is 14.3 Å². The monoisotopic (exact) mass is 343 g/mol. The summed E-state index contributed by atoms with van der Waals surface area (Å²) in [7, 11) is 0. The molecule has 3 rings (SSSR count). The topological polar surface area (TPSA) is 38.8 Å². The molecule has 0 unspecified atom stereocenters. The Morgan fingerprint density at radius 2 is 1.82 bits per heavy atom. The maximum Gasteiger partial charge on any atom is 0.292 e. The molecular formula is C16H19Cl2NO3. The van der Waals surface area contributed by atoms with E-state index >= 15 is 0 Å². The van der Waals surface area contributed by atoms with Gasteiger partial charge in [-0.1, -0.05) is 49.4 Å². The van der Waals surface area contributed by atoms with Gasteiger partial charge in [0.25, 0.3) is 11.7 Å². The summed E-state index contributed by atoms with van der Waals surface area (Å²) >= 11 is 12.7. The van der Waals surface area contributed by atoms with E-state index in [1.165, 1.54) is 0 Å². The average molecular weight is 344 g/mol. The van der Waals surface area contributed by atoms with Crippen molar-refractivity contribution in [2.45, 2.75) is 38.4 Å². The molecule has 2 aliphatic heterocycles. The summed E-state index contributed by atoms with van der Waals surface area (Å²) < 4.78 is 11.4. The van der Waals surface area contributed by atoms with Crippen LogP contribution in [0.4, 0.5) is 5.69 Å². The Kier molecular flexibility index (Phi) is 4.64. The average Bonchev–Trinajstić information content (AvgIpc) is 3.08. The lowest BCUT2D eigenvalue weighted by Gasteiger charge is -2.22. The van der Waals surface area contributed by atoms with Gasteiger partial charge in [0, 0.05) is 6.54 Å². The third-order valence-electron chi connectivity index (χ3n) is 4.13. The molecule has 1 amide bonds. The van der Waals surface area contributed by atoms with Gasteiger partial charge in [0.2, 0.25) is 0 Å². The van der Waals surface area contributed by atoms with Crippen LogP contribution in [0.2, 0.25) is 10.0 Å². The van der Waals surface area contributed by atoms with E-state index in [1.807, 2.05) is 0 Å². The van der Waals surface area contributed by atoms with Gasteiger partial charge < -0.3 is 14.4 Å². The molecule has 22 heavy (non-hydrogen) atoms. The molecule has 1 spiro atoms. The number of ether oxygens (including phenoxy) is 2. The number of halogens is 2. The summed E-state index contributed by atoms with van der Waals surface area (Å²) in [4.78, 5) is 14.6. The van der Waals surface area contributed by atoms with Crippen LogP contribution in [0.25, 0.3) is 0 Å². The van der Waals surface area contributed by atoms with Gasteiger partial charge in [0.05, 0.1) is 34.5 Å². The van der Waals surface area contributed by atoms with E-state index in [-0.39, 0.29) is 5.91 Å². The summed E-state index contributed by atoms with van der Waals surface area (Å²) in [6, 6.07) is 3.40. The lowest BCUT2D eigenvalue weighted by molar-refractivity contribution is -0.180. The lowest BCUT2D eigenvalue weighted by atomic mass is 10.1. The largest absolute Gasteiger partial charge is 0.336 e. The van der Waals surface area contributed by atoms with E-state index in [4.69, 9.17) is 32.7 Å². The van der Waals surface area contributed by atoms with Gasteiger partial charge in [-0.25, -0.2) is 0 Å². The van der Waals surface area contributed by atoms with Crippen molar-refractivity contribution in [3.63, 3.8) is 0 Å². The molecule has 120 valence electrons. The third kappa shape index (κ3) is 2.42. The SMILES string of the molecule is CCCCCCN1C(=O)C2(OCCO2)c2c(Cl)ccc(Cl)c21. The second-order valence-electron chi connectivity index (χ2n) is 5.58. The Hall–Kier alpha value is -0.810. The summed E-state index contributed by atoms with van der Waals surface area (Å²) in [5.41, 5.74) is 1.19. The number of nitrogens with zero attached hydrogens (tertiary/aromatic N) is 1. The summed E-state index contributed by atoms with van der Waals surface area (Å²) in [5.74, 6) is -1.62. The fraction of sp³-hybridized carbons (Fsp3) is 0.562. The number of hydrogen-bond donors (Lipinski definition) is 0. The van der Waals surface area contributed by atoms with Crippen LogP contribution in [0.15, 0.2) is 12.1 Å². The highest BCUT2D eigenvalue weighted by Gasteiger charge is 2.57. The Balaban J connectivity index is 1.97. The summed E-state index contributed by atoms with van der Waals surface area (Å²) in [6.45, 7) is 3.50. The van der Waals surface area contributed by atoms with Gasteiger partial charge >= 0.3 is 0 Å². The predicted octanol–water partition coefficient (Wildman–Crippen LogP) is 4.12. The molecule has 1 fully saturated rings. The second kappa shape index (κ2) is 6.36. The minimum absolute atomic E-state index is 0.216. The quantitative estimate of drug-likeness (QED) is 0.755. The van der Waals surface area contributed by atoms with E-state index in [0.717, 1.165) is 25.7 Å². The fourth-order valence-electron chi connectivity index (χ4n) is 3.09. The first-order valence-electron chi connectivity index (χ1n) is 7.70. The summed E-state index contributed by atoms with van der Waals surface area (Å²) in [6.07, 6.45) is 4.28. The minimum Gasteiger partial charge on any atom is -0.336 e. The van der Waals surface area contributed by atoms with Gasteiger partial charge in [-0.2, -0.15) is 0 Å². The first kappa shape index (κ1) is 16.1. The first-order valence-corrected chi connectivity index (χ1v) is 8.45. The highest BCUT2D eigenvalue weighted by Crippen LogP contribution is 2.51. The number of fused-ring (bicyclic) bond motifs is 2. The molecule has 2 heterocycles. The number of carbonyl (C=O) groups is 1. The molecule has 0 N–H and O–H groups in total. The van der Waals surface area contributed by atoms with E-state index in [9.17, 15) is 4.79 Å². The molecular weight excluding hydrogens is 325 g/mol. The number of anilines is 1. The van der Waals surface area contributed by atoms with Crippen molar-refractivity contribution in [3.05, 3.63) is 27.7 Å². The lowest BCUT2D eigenvalue weighted by Crippen LogP contribution is -2.41. The molecule has 1 aromatic rings. The van der Waals surface area contributed by atoms with Gasteiger partial charge in [0.15, 0.2) is 0 Å². The minimum atomic E-state index is -1.40. The summed E-state index contributed by atoms with van der Waals surface area (Å²) in [5, 5.41) is 0.949. The van der Waals surface area contributed by atoms with Crippen molar-refractivity contribution in [1.29, 1.82) is 0 Å². The Morgan fingerprint density at radius 1 is 1.14 bits per heavy atom. The molecule has 0 radical (unpaired) electrons. The van der Waals surface area contributed by atoms with Crippen LogP contribution >= 0.6 is 23.2 Å². The Morgan fingerprint density at radius 3 is 2.50 bits per heavy atom. The van der Waals surface area contributed by atoms with Crippen LogP contribution < -0.4 is 4.90 Å². The standard InChI is InChI=1S/C16H19Cl2NO3/c1-2-3-4-5-8-19-14-12(18)7-6-11(17)13(14)16(15(19)20)21-9-10-22-16/h6-7H,2-5,8-10H2,1H3. The van der Waals surface area contributed by atoms with Gasteiger partial charge in [-0.15, -0.1) is 0 Å².